The van der Waals surface area contributed by atoms with E-state index >= 15 is 0 Å². The maximum atomic E-state index is 12.4. The van der Waals surface area contributed by atoms with Crippen molar-refractivity contribution in [3.63, 3.8) is 0 Å². The molecule has 0 radical (unpaired) electrons. The molecule has 3 heterocycles. The van der Waals surface area contributed by atoms with Crippen molar-refractivity contribution < 1.29 is 14.3 Å². The number of hydrogen-bond acceptors (Lipinski definition) is 5. The van der Waals surface area contributed by atoms with Crippen LogP contribution in [-0.4, -0.2) is 53.2 Å². The smallest absolute Gasteiger partial charge is 0.291 e. The third-order valence-electron chi connectivity index (χ3n) is 4.08. The second kappa shape index (κ2) is 5.36. The molecule has 2 saturated heterocycles. The molecule has 1 amide bonds. The molecule has 1 aromatic rings. The Morgan fingerprint density at radius 2 is 2.20 bits per heavy atom. The van der Waals surface area contributed by atoms with Crippen molar-refractivity contribution in [2.24, 2.45) is 5.92 Å². The van der Waals surface area contributed by atoms with Crippen LogP contribution in [0.25, 0.3) is 0 Å². The van der Waals surface area contributed by atoms with Crippen LogP contribution in [0.5, 0.6) is 5.75 Å². The largest absolute Gasteiger partial charge is 0.494 e. The van der Waals surface area contributed by atoms with Gasteiger partial charge in [0.25, 0.3) is 5.91 Å². The number of fused-ring (bicyclic) bond motifs is 1. The monoisotopic (exact) mass is 277 g/mol. The third kappa shape index (κ3) is 2.47. The molecule has 3 rings (SSSR count). The van der Waals surface area contributed by atoms with E-state index in [-0.39, 0.29) is 17.8 Å². The fraction of sp³-hybridized carbons (Fsp3) is 0.643. The summed E-state index contributed by atoms with van der Waals surface area (Å²) in [6.45, 7) is 3.49. The zero-order valence-electron chi connectivity index (χ0n) is 11.8. The van der Waals surface area contributed by atoms with Gasteiger partial charge in [-0.25, -0.2) is 9.97 Å². The molecule has 20 heavy (non-hydrogen) atoms. The first-order valence-corrected chi connectivity index (χ1v) is 6.98. The van der Waals surface area contributed by atoms with E-state index in [4.69, 9.17) is 9.47 Å². The highest BCUT2D eigenvalue weighted by atomic mass is 16.5. The number of amides is 1. The second-order valence-corrected chi connectivity index (χ2v) is 5.47. The Kier molecular flexibility index (Phi) is 3.56. The van der Waals surface area contributed by atoms with E-state index in [1.54, 1.807) is 12.0 Å². The summed E-state index contributed by atoms with van der Waals surface area (Å²) in [5.41, 5.74) is 0. The summed E-state index contributed by atoms with van der Waals surface area (Å²) in [4.78, 5) is 22.3. The average molecular weight is 277 g/mol. The fourth-order valence-electron chi connectivity index (χ4n) is 3.03. The molecule has 0 aromatic carbocycles. The summed E-state index contributed by atoms with van der Waals surface area (Å²) >= 11 is 0. The molecule has 2 aliphatic heterocycles. The van der Waals surface area contributed by atoms with Crippen molar-refractivity contribution in [1.82, 2.24) is 14.9 Å². The molecule has 0 spiro atoms. The molecule has 108 valence electrons. The second-order valence-electron chi connectivity index (χ2n) is 5.47. The molecular weight excluding hydrogens is 258 g/mol. The Balaban J connectivity index is 1.68. The summed E-state index contributed by atoms with van der Waals surface area (Å²) in [5.74, 6) is 1.23. The number of likely N-dealkylation sites (tertiary alicyclic amines) is 1. The van der Waals surface area contributed by atoms with Crippen LogP contribution in [0.1, 0.15) is 30.4 Å². The van der Waals surface area contributed by atoms with Crippen LogP contribution in [0.4, 0.5) is 0 Å². The lowest BCUT2D eigenvalue weighted by molar-refractivity contribution is 0.00117. The van der Waals surface area contributed by atoms with Crippen LogP contribution in [-0.2, 0) is 4.74 Å². The number of nitrogens with zero attached hydrogens (tertiary/aromatic N) is 3. The first kappa shape index (κ1) is 13.3. The first-order valence-electron chi connectivity index (χ1n) is 6.98. The van der Waals surface area contributed by atoms with E-state index < -0.39 is 0 Å². The minimum Gasteiger partial charge on any atom is -0.494 e. The molecular formula is C14H19N3O3. The highest BCUT2D eigenvalue weighted by Crippen LogP contribution is 2.33. The maximum Gasteiger partial charge on any atom is 0.291 e. The number of rotatable bonds is 2. The first-order chi connectivity index (χ1) is 9.67. The van der Waals surface area contributed by atoms with Crippen LogP contribution >= 0.6 is 0 Å². The molecule has 0 saturated carbocycles. The number of hydrogen-bond donors (Lipinski definition) is 0. The predicted octanol–water partition coefficient (Wildman–Crippen LogP) is 1.12. The van der Waals surface area contributed by atoms with Gasteiger partial charge in [-0.15, -0.1) is 0 Å². The molecule has 0 aliphatic carbocycles. The van der Waals surface area contributed by atoms with Gasteiger partial charge in [-0.2, -0.15) is 0 Å². The van der Waals surface area contributed by atoms with E-state index in [9.17, 15) is 4.79 Å². The molecule has 0 bridgehead atoms. The van der Waals surface area contributed by atoms with Gasteiger partial charge >= 0.3 is 0 Å². The Morgan fingerprint density at radius 3 is 2.90 bits per heavy atom. The van der Waals surface area contributed by atoms with Crippen LogP contribution in [0.15, 0.2) is 12.4 Å². The van der Waals surface area contributed by atoms with E-state index in [0.717, 1.165) is 19.4 Å². The molecule has 0 N–H and O–H groups in total. The van der Waals surface area contributed by atoms with Crippen molar-refractivity contribution in [3.8, 4) is 5.75 Å². The molecule has 6 heteroatoms. The predicted molar refractivity (Wildman–Crippen MR) is 71.5 cm³/mol. The van der Waals surface area contributed by atoms with Crippen molar-refractivity contribution in [3.05, 3.63) is 18.2 Å². The Bertz CT molecular complexity index is 491. The molecule has 3 atom stereocenters. The Morgan fingerprint density at radius 1 is 1.45 bits per heavy atom. The van der Waals surface area contributed by atoms with Gasteiger partial charge in [-0.1, -0.05) is 0 Å². The van der Waals surface area contributed by atoms with E-state index in [1.165, 1.54) is 12.4 Å². The molecule has 0 unspecified atom stereocenters. The van der Waals surface area contributed by atoms with Crippen molar-refractivity contribution in [1.29, 1.82) is 0 Å². The number of aromatic nitrogens is 2. The number of carbonyl (C=O) groups excluding carboxylic acids is 1. The Hall–Kier alpha value is -1.69. The molecule has 2 aliphatic rings. The van der Waals surface area contributed by atoms with Gasteiger partial charge in [-0.3, -0.25) is 4.79 Å². The summed E-state index contributed by atoms with van der Waals surface area (Å²) < 4.78 is 10.9. The van der Waals surface area contributed by atoms with Crippen molar-refractivity contribution in [2.75, 3.05) is 20.2 Å². The van der Waals surface area contributed by atoms with E-state index in [1.807, 2.05) is 0 Å². The normalized spacial score (nSPS) is 29.1. The summed E-state index contributed by atoms with van der Waals surface area (Å²) in [5, 5.41) is 0. The van der Waals surface area contributed by atoms with Gasteiger partial charge in [0.05, 0.1) is 31.7 Å². The van der Waals surface area contributed by atoms with Crippen LogP contribution < -0.4 is 4.74 Å². The number of methoxy groups -OCH3 is 1. The minimum atomic E-state index is -0.130. The highest BCUT2D eigenvalue weighted by Gasteiger charge is 2.39. The van der Waals surface area contributed by atoms with Gasteiger partial charge in [0.15, 0.2) is 5.75 Å². The zero-order valence-corrected chi connectivity index (χ0v) is 11.8. The van der Waals surface area contributed by atoms with Crippen molar-refractivity contribution >= 4 is 5.91 Å². The van der Waals surface area contributed by atoms with Gasteiger partial charge < -0.3 is 14.4 Å². The number of ether oxygens (including phenoxy) is 2. The van der Waals surface area contributed by atoms with Gasteiger partial charge in [0, 0.05) is 13.1 Å². The quantitative estimate of drug-likeness (QED) is 0.810. The average Bonchev–Trinajstić information content (AvgIpc) is 2.85. The third-order valence-corrected chi connectivity index (χ3v) is 4.08. The fourth-order valence-corrected chi connectivity index (χ4v) is 3.03. The highest BCUT2D eigenvalue weighted by molar-refractivity contribution is 5.90. The van der Waals surface area contributed by atoms with Crippen molar-refractivity contribution in [2.45, 2.75) is 32.0 Å². The lowest BCUT2D eigenvalue weighted by Gasteiger charge is -2.33. The summed E-state index contributed by atoms with van der Waals surface area (Å²) in [6.07, 6.45) is 5.60. The van der Waals surface area contributed by atoms with Gasteiger partial charge in [0.1, 0.15) is 0 Å². The lowest BCUT2D eigenvalue weighted by atomic mass is 9.92. The number of carbonyl (C=O) groups is 1. The topological polar surface area (TPSA) is 64.5 Å². The Labute approximate surface area is 118 Å². The van der Waals surface area contributed by atoms with Crippen LogP contribution in [0.3, 0.4) is 0 Å². The lowest BCUT2D eigenvalue weighted by Crippen LogP contribution is -2.45. The maximum absolute atomic E-state index is 12.4. The zero-order chi connectivity index (χ0) is 14.1. The summed E-state index contributed by atoms with van der Waals surface area (Å²) in [6, 6.07) is 0. The van der Waals surface area contributed by atoms with E-state index in [0.29, 0.717) is 24.3 Å². The molecule has 6 nitrogen and oxygen atoms in total. The number of piperidine rings is 1. The van der Waals surface area contributed by atoms with E-state index in [2.05, 4.69) is 16.9 Å². The molecule has 1 aromatic heterocycles. The SMILES string of the molecule is COc1cnc(C(=O)N2CC[C@H]3C[C@@H](C)O[C@@H]3C2)nc1. The van der Waals surface area contributed by atoms with Crippen LogP contribution in [0, 0.1) is 5.92 Å². The summed E-state index contributed by atoms with van der Waals surface area (Å²) in [7, 11) is 1.55. The van der Waals surface area contributed by atoms with Crippen LogP contribution in [0.2, 0.25) is 0 Å². The molecule has 2 fully saturated rings. The van der Waals surface area contributed by atoms with Gasteiger partial charge in [0.2, 0.25) is 5.82 Å². The van der Waals surface area contributed by atoms with Gasteiger partial charge in [-0.05, 0) is 25.7 Å². The standard InChI is InChI=1S/C14H19N3O3/c1-9-5-10-3-4-17(8-12(10)20-9)14(18)13-15-6-11(19-2)7-16-13/h6-7,9-10,12H,3-5,8H2,1-2H3/t9-,10+,12-/m1/s1. The minimum absolute atomic E-state index is 0.130.